The van der Waals surface area contributed by atoms with Crippen molar-refractivity contribution < 1.29 is 8.42 Å². The fourth-order valence-corrected chi connectivity index (χ4v) is 7.20. The quantitative estimate of drug-likeness (QED) is 0.441. The van der Waals surface area contributed by atoms with Crippen LogP contribution in [0.4, 0.5) is 5.13 Å². The Morgan fingerprint density at radius 3 is 2.12 bits per heavy atom. The number of halogens is 2. The molecule has 1 saturated heterocycles. The normalized spacial score (nSPS) is 15.4. The molecule has 0 saturated carbocycles. The van der Waals surface area contributed by atoms with Crippen LogP contribution in [0.1, 0.15) is 22.3 Å². The molecule has 0 unspecified atom stereocenters. The van der Waals surface area contributed by atoms with E-state index in [0.29, 0.717) is 41.1 Å². The smallest absolute Gasteiger partial charge is 0.243 e. The fraction of sp³-hybridized carbons (Fsp3) is 0.348. The van der Waals surface area contributed by atoms with Crippen molar-refractivity contribution in [2.75, 3.05) is 31.1 Å². The van der Waals surface area contributed by atoms with Gasteiger partial charge in [0.2, 0.25) is 10.0 Å². The fourth-order valence-electron chi connectivity index (χ4n) is 4.01. The van der Waals surface area contributed by atoms with Gasteiger partial charge in [-0.15, -0.1) is 11.3 Å². The number of sulfonamides is 1. The Balaban J connectivity index is 1.52. The first-order valence-corrected chi connectivity index (χ1v) is 13.4. The molecule has 1 fully saturated rings. The number of aromatic nitrogens is 1. The van der Waals surface area contributed by atoms with Crippen molar-refractivity contribution in [3.05, 3.63) is 61.9 Å². The number of benzene rings is 2. The molecule has 5 nitrogen and oxygen atoms in total. The van der Waals surface area contributed by atoms with Gasteiger partial charge in [-0.05, 0) is 62.1 Å². The third-order valence-electron chi connectivity index (χ3n) is 6.11. The summed E-state index contributed by atoms with van der Waals surface area (Å²) in [6.45, 7) is 9.76. The van der Waals surface area contributed by atoms with Crippen molar-refractivity contribution in [1.82, 2.24) is 9.29 Å². The molecule has 4 rings (SSSR count). The molecule has 0 spiro atoms. The molecule has 3 aromatic rings. The molecule has 1 aliphatic heterocycles. The van der Waals surface area contributed by atoms with Crippen LogP contribution in [0.3, 0.4) is 0 Å². The average Bonchev–Trinajstić information content (AvgIpc) is 3.25. The van der Waals surface area contributed by atoms with E-state index in [1.165, 1.54) is 0 Å². The highest BCUT2D eigenvalue weighted by Gasteiger charge is 2.32. The third kappa shape index (κ3) is 4.29. The van der Waals surface area contributed by atoms with Crippen LogP contribution in [0.25, 0.3) is 11.3 Å². The van der Waals surface area contributed by atoms with Crippen LogP contribution in [0.5, 0.6) is 0 Å². The number of thiazole rings is 1. The van der Waals surface area contributed by atoms with E-state index in [2.05, 4.69) is 11.0 Å². The second-order valence-electron chi connectivity index (χ2n) is 8.12. The van der Waals surface area contributed by atoms with Crippen LogP contribution in [0.15, 0.2) is 34.5 Å². The van der Waals surface area contributed by atoms with Crippen molar-refractivity contribution in [3.8, 4) is 11.3 Å². The van der Waals surface area contributed by atoms with E-state index in [4.69, 9.17) is 28.2 Å². The Labute approximate surface area is 203 Å². The second kappa shape index (κ2) is 8.95. The van der Waals surface area contributed by atoms with E-state index in [9.17, 15) is 8.42 Å². The predicted molar refractivity (Wildman–Crippen MR) is 134 cm³/mol. The Morgan fingerprint density at radius 2 is 1.53 bits per heavy atom. The van der Waals surface area contributed by atoms with E-state index >= 15 is 0 Å². The molecule has 0 amide bonds. The molecule has 1 aromatic heterocycles. The van der Waals surface area contributed by atoms with Gasteiger partial charge in [-0.3, -0.25) is 0 Å². The third-order valence-corrected chi connectivity index (χ3v) is 9.93. The zero-order chi connectivity index (χ0) is 23.2. The molecule has 0 radical (unpaired) electrons. The topological polar surface area (TPSA) is 53.5 Å². The minimum Gasteiger partial charge on any atom is -0.345 e. The molecule has 32 heavy (non-hydrogen) atoms. The number of piperazine rings is 1. The Hall–Kier alpha value is -1.64. The van der Waals surface area contributed by atoms with E-state index in [1.54, 1.807) is 21.7 Å². The van der Waals surface area contributed by atoms with Gasteiger partial charge in [-0.1, -0.05) is 35.3 Å². The second-order valence-corrected chi connectivity index (χ2v) is 11.7. The average molecular weight is 511 g/mol. The number of anilines is 1. The van der Waals surface area contributed by atoms with Gasteiger partial charge in [-0.25, -0.2) is 13.4 Å². The summed E-state index contributed by atoms with van der Waals surface area (Å²) in [5.74, 6) is 0. The van der Waals surface area contributed by atoms with Gasteiger partial charge < -0.3 is 4.90 Å². The summed E-state index contributed by atoms with van der Waals surface area (Å²) in [4.78, 5) is 7.34. The summed E-state index contributed by atoms with van der Waals surface area (Å²) in [5, 5.41) is 3.87. The molecular formula is C23H25Cl2N3O2S2. The molecule has 0 aliphatic carbocycles. The van der Waals surface area contributed by atoms with Crippen LogP contribution < -0.4 is 4.90 Å². The monoisotopic (exact) mass is 509 g/mol. The van der Waals surface area contributed by atoms with Crippen molar-refractivity contribution in [2.24, 2.45) is 0 Å². The van der Waals surface area contributed by atoms with Crippen LogP contribution >= 0.6 is 34.5 Å². The summed E-state index contributed by atoms with van der Waals surface area (Å²) < 4.78 is 28.6. The first-order valence-electron chi connectivity index (χ1n) is 10.3. The van der Waals surface area contributed by atoms with Crippen LogP contribution in [-0.4, -0.2) is 43.9 Å². The zero-order valence-corrected chi connectivity index (χ0v) is 21.6. The van der Waals surface area contributed by atoms with E-state index in [-0.39, 0.29) is 0 Å². The summed E-state index contributed by atoms with van der Waals surface area (Å²) in [5.41, 5.74) is 5.42. The number of nitrogens with zero attached hydrogens (tertiary/aromatic N) is 3. The first kappa shape index (κ1) is 23.5. The lowest BCUT2D eigenvalue weighted by molar-refractivity contribution is 0.384. The Bertz CT molecular complexity index is 1250. The van der Waals surface area contributed by atoms with Crippen LogP contribution in [-0.2, 0) is 10.0 Å². The Morgan fingerprint density at radius 1 is 0.906 bits per heavy atom. The standard InChI is InChI=1S/C23H25Cl2N3O2S2/c1-14-11-15(2)17(4)22(16(14)3)32(29,30)28-9-7-27(8-10-28)23-26-21(13-31-23)18-5-6-19(24)20(25)12-18/h5-6,11-13H,7-10H2,1-4H3. The lowest BCUT2D eigenvalue weighted by Gasteiger charge is -2.34. The molecule has 1 aliphatic rings. The first-order chi connectivity index (χ1) is 15.1. The maximum absolute atomic E-state index is 13.5. The van der Waals surface area contributed by atoms with Crippen molar-refractivity contribution in [1.29, 1.82) is 0 Å². The van der Waals surface area contributed by atoms with Gasteiger partial charge in [0.15, 0.2) is 5.13 Å². The number of hydrogen-bond donors (Lipinski definition) is 0. The van der Waals surface area contributed by atoms with E-state index < -0.39 is 10.0 Å². The van der Waals surface area contributed by atoms with E-state index in [1.807, 2.05) is 45.2 Å². The van der Waals surface area contributed by atoms with Gasteiger partial charge in [0.25, 0.3) is 0 Å². The summed E-state index contributed by atoms with van der Waals surface area (Å²) in [6, 6.07) is 7.52. The van der Waals surface area contributed by atoms with Crippen molar-refractivity contribution >= 4 is 49.7 Å². The number of hydrogen-bond acceptors (Lipinski definition) is 5. The molecular weight excluding hydrogens is 485 g/mol. The largest absolute Gasteiger partial charge is 0.345 e. The molecule has 2 heterocycles. The van der Waals surface area contributed by atoms with Crippen LogP contribution in [0, 0.1) is 27.7 Å². The molecule has 0 bridgehead atoms. The van der Waals surface area contributed by atoms with Crippen molar-refractivity contribution in [2.45, 2.75) is 32.6 Å². The minimum atomic E-state index is -3.56. The molecule has 170 valence electrons. The highest BCUT2D eigenvalue weighted by atomic mass is 35.5. The molecule has 2 aromatic carbocycles. The molecule has 0 N–H and O–H groups in total. The highest BCUT2D eigenvalue weighted by Crippen LogP contribution is 2.33. The molecule has 9 heteroatoms. The highest BCUT2D eigenvalue weighted by molar-refractivity contribution is 7.89. The van der Waals surface area contributed by atoms with Gasteiger partial charge >= 0.3 is 0 Å². The zero-order valence-electron chi connectivity index (χ0n) is 18.4. The number of aryl methyl sites for hydroxylation is 2. The summed E-state index contributed by atoms with van der Waals surface area (Å²) in [7, 11) is -3.56. The predicted octanol–water partition coefficient (Wildman–Crippen LogP) is 5.86. The van der Waals surface area contributed by atoms with Crippen molar-refractivity contribution in [3.63, 3.8) is 0 Å². The van der Waals surface area contributed by atoms with Crippen LogP contribution in [0.2, 0.25) is 10.0 Å². The van der Waals surface area contributed by atoms with Gasteiger partial charge in [-0.2, -0.15) is 4.31 Å². The number of rotatable bonds is 4. The lowest BCUT2D eigenvalue weighted by atomic mass is 10.0. The van der Waals surface area contributed by atoms with Gasteiger partial charge in [0, 0.05) is 37.1 Å². The lowest BCUT2D eigenvalue weighted by Crippen LogP contribution is -2.49. The minimum absolute atomic E-state index is 0.426. The maximum atomic E-state index is 13.5. The maximum Gasteiger partial charge on any atom is 0.243 e. The van der Waals surface area contributed by atoms with E-state index in [0.717, 1.165) is 38.6 Å². The van der Waals surface area contributed by atoms with Gasteiger partial charge in [0.05, 0.1) is 20.6 Å². The summed E-state index contributed by atoms with van der Waals surface area (Å²) in [6.07, 6.45) is 0. The molecule has 0 atom stereocenters. The summed E-state index contributed by atoms with van der Waals surface area (Å²) >= 11 is 13.7. The van der Waals surface area contributed by atoms with Gasteiger partial charge in [0.1, 0.15) is 0 Å². The Kier molecular flexibility index (Phi) is 6.58. The SMILES string of the molecule is Cc1cc(C)c(C)c(S(=O)(=O)N2CCN(c3nc(-c4ccc(Cl)c(Cl)c4)cs3)CC2)c1C.